The maximum Gasteiger partial charge on any atom is 0.341 e. The number of hydrogen-bond acceptors (Lipinski definition) is 5. The summed E-state index contributed by atoms with van der Waals surface area (Å²) in [5.41, 5.74) is 0.956. The third-order valence-electron chi connectivity index (χ3n) is 3.69. The average Bonchev–Trinajstić information content (AvgIpc) is 3.12. The zero-order valence-corrected chi connectivity index (χ0v) is 16.0. The van der Waals surface area contributed by atoms with E-state index in [1.165, 1.54) is 10.3 Å². The van der Waals surface area contributed by atoms with Gasteiger partial charge in [0.15, 0.2) is 0 Å². The van der Waals surface area contributed by atoms with E-state index in [4.69, 9.17) is 0 Å². The number of hydrogen-bond donors (Lipinski definition) is 1. The fourth-order valence-corrected chi connectivity index (χ4v) is 4.37. The van der Waals surface area contributed by atoms with Crippen LogP contribution >= 0.6 is 11.3 Å². The van der Waals surface area contributed by atoms with Gasteiger partial charge in [-0.05, 0) is 17.0 Å². The quantitative estimate of drug-likeness (QED) is 0.717. The number of carbonyl (C=O) groups is 2. The third kappa shape index (κ3) is 5.33. The Morgan fingerprint density at radius 3 is 2.48 bits per heavy atom. The zero-order chi connectivity index (χ0) is 20.0. The predicted octanol–water partition coefficient (Wildman–Crippen LogP) is 2.52. The lowest BCUT2D eigenvalue weighted by molar-refractivity contribution is -0.130. The molecule has 1 aromatic carbocycles. The minimum absolute atomic E-state index is 0.00260. The smallest absolute Gasteiger partial charge is 0.341 e. The first-order valence-electron chi connectivity index (χ1n) is 7.89. The average molecular weight is 416 g/mol. The van der Waals surface area contributed by atoms with Gasteiger partial charge in [0.1, 0.15) is 4.88 Å². The molecule has 2 rings (SSSR count). The van der Waals surface area contributed by atoms with E-state index < -0.39 is 26.4 Å². The van der Waals surface area contributed by atoms with E-state index >= 15 is 0 Å². The maximum atomic E-state index is 12.7. The van der Waals surface area contributed by atoms with Crippen LogP contribution < -0.4 is 5.32 Å². The second-order valence-corrected chi connectivity index (χ2v) is 8.46. The first-order chi connectivity index (χ1) is 12.7. The second kappa shape index (κ2) is 9.05. The summed E-state index contributed by atoms with van der Waals surface area (Å²) in [6.07, 6.45) is -0.00260. The minimum atomic E-state index is -4.86. The van der Waals surface area contributed by atoms with Crippen LogP contribution in [0.2, 0.25) is 0 Å². The Morgan fingerprint density at radius 2 is 1.85 bits per heavy atom. The van der Waals surface area contributed by atoms with Crippen molar-refractivity contribution in [1.29, 1.82) is 0 Å². The zero-order valence-electron chi connectivity index (χ0n) is 14.4. The maximum absolute atomic E-state index is 12.7. The molecule has 0 fully saturated rings. The van der Waals surface area contributed by atoms with Crippen molar-refractivity contribution in [3.63, 3.8) is 0 Å². The molecule has 0 saturated heterocycles. The highest BCUT2D eigenvalue weighted by Crippen LogP contribution is 2.26. The highest BCUT2D eigenvalue weighted by molar-refractivity contribution is 7.92. The molecule has 6 nitrogen and oxygen atoms in total. The number of benzene rings is 1. The lowest BCUT2D eigenvalue weighted by Crippen LogP contribution is -2.32. The predicted molar refractivity (Wildman–Crippen MR) is 97.4 cm³/mol. The van der Waals surface area contributed by atoms with Gasteiger partial charge in [-0.3, -0.25) is 9.59 Å². The van der Waals surface area contributed by atoms with Crippen molar-refractivity contribution in [2.24, 2.45) is 0 Å². The van der Waals surface area contributed by atoms with E-state index in [0.717, 1.165) is 23.0 Å². The van der Waals surface area contributed by atoms with Crippen LogP contribution in [0, 0.1) is 0 Å². The molecule has 2 aromatic rings. The number of sulfone groups is 1. The molecule has 0 radical (unpaired) electrons. The number of nitrogens with one attached hydrogen (secondary N) is 1. The number of carbonyl (C=O) groups excluding carboxylic acids is 2. The van der Waals surface area contributed by atoms with Gasteiger partial charge in [0, 0.05) is 26.6 Å². The molecule has 0 spiro atoms. The van der Waals surface area contributed by atoms with E-state index in [2.05, 4.69) is 5.32 Å². The molecular weight excluding hydrogens is 398 g/mol. The van der Waals surface area contributed by atoms with Crippen molar-refractivity contribution in [2.45, 2.75) is 23.6 Å². The molecule has 1 N–H and O–H groups in total. The summed E-state index contributed by atoms with van der Waals surface area (Å²) in [6, 6.07) is 10.3. The second-order valence-electron chi connectivity index (χ2n) is 5.66. The molecule has 0 atom stereocenters. The Morgan fingerprint density at radius 1 is 1.19 bits per heavy atom. The van der Waals surface area contributed by atoms with Crippen LogP contribution in [0.25, 0.3) is 0 Å². The van der Waals surface area contributed by atoms with Crippen molar-refractivity contribution in [3.05, 3.63) is 52.2 Å². The summed E-state index contributed by atoms with van der Waals surface area (Å²) >= 11 is 0.749. The van der Waals surface area contributed by atoms with Gasteiger partial charge in [0.25, 0.3) is 5.91 Å². The summed E-state index contributed by atoms with van der Waals surface area (Å²) in [5.74, 6) is -4.62. The first kappa shape index (κ1) is 21.0. The Balaban J connectivity index is 1.90. The molecule has 1 aromatic heterocycles. The molecule has 1 heterocycles. The minimum Gasteiger partial charge on any atom is -0.351 e. The standard InChI is InChI=1S/C17H18F2N2O4S2/c1-21(11-12-5-3-2-4-6-12)14(22)7-9-20-16(23)15-13(8-10-26-15)27(24,25)17(18)19/h2-6,8,10,17H,7,9,11H2,1H3,(H,20,23). The van der Waals surface area contributed by atoms with E-state index in [0.29, 0.717) is 6.54 Å². The normalized spacial score (nSPS) is 11.4. The van der Waals surface area contributed by atoms with Gasteiger partial charge >= 0.3 is 5.76 Å². The number of rotatable bonds is 8. The van der Waals surface area contributed by atoms with Gasteiger partial charge in [-0.1, -0.05) is 30.3 Å². The van der Waals surface area contributed by atoms with Crippen LogP contribution in [0.1, 0.15) is 21.7 Å². The molecule has 146 valence electrons. The third-order valence-corrected chi connectivity index (χ3v) is 6.15. The molecule has 27 heavy (non-hydrogen) atoms. The largest absolute Gasteiger partial charge is 0.351 e. The Hall–Kier alpha value is -2.33. The van der Waals surface area contributed by atoms with Crippen LogP contribution in [0.15, 0.2) is 46.7 Å². The summed E-state index contributed by atoms with van der Waals surface area (Å²) in [4.78, 5) is 24.7. The van der Waals surface area contributed by atoms with Crippen LogP contribution in [0.3, 0.4) is 0 Å². The van der Waals surface area contributed by atoms with Gasteiger partial charge in [0.2, 0.25) is 15.7 Å². The summed E-state index contributed by atoms with van der Waals surface area (Å²) in [5, 5.41) is 3.65. The Kier molecular flexibility index (Phi) is 7.03. The lowest BCUT2D eigenvalue weighted by atomic mass is 10.2. The summed E-state index contributed by atoms with van der Waals surface area (Å²) in [6.45, 7) is 0.373. The SMILES string of the molecule is CN(Cc1ccccc1)C(=O)CCNC(=O)c1sccc1S(=O)(=O)C(F)F. The van der Waals surface area contributed by atoms with Gasteiger partial charge in [-0.2, -0.15) is 8.78 Å². The number of halogens is 2. The lowest BCUT2D eigenvalue weighted by Gasteiger charge is -2.17. The molecule has 0 aliphatic heterocycles. The molecule has 0 aliphatic rings. The van der Waals surface area contributed by atoms with Crippen LogP contribution in [0.5, 0.6) is 0 Å². The highest BCUT2D eigenvalue weighted by atomic mass is 32.2. The molecule has 0 unspecified atom stereocenters. The van der Waals surface area contributed by atoms with E-state index in [1.807, 2.05) is 30.3 Å². The van der Waals surface area contributed by atoms with Gasteiger partial charge in [-0.15, -0.1) is 11.3 Å². The number of thiophene rings is 1. The fourth-order valence-electron chi connectivity index (χ4n) is 2.28. The van der Waals surface area contributed by atoms with Crippen LogP contribution in [-0.2, 0) is 21.2 Å². The molecular formula is C17H18F2N2O4S2. The van der Waals surface area contributed by atoms with E-state index in [9.17, 15) is 26.8 Å². The Bertz CT molecular complexity index is 899. The van der Waals surface area contributed by atoms with Gasteiger partial charge < -0.3 is 10.2 Å². The number of nitrogens with zero attached hydrogens (tertiary/aromatic N) is 1. The number of amides is 2. The topological polar surface area (TPSA) is 83.6 Å². The highest BCUT2D eigenvalue weighted by Gasteiger charge is 2.32. The summed E-state index contributed by atoms with van der Waals surface area (Å²) in [7, 11) is -3.23. The van der Waals surface area contributed by atoms with Crippen LogP contribution in [-0.4, -0.2) is 44.5 Å². The van der Waals surface area contributed by atoms with Crippen molar-refractivity contribution in [1.82, 2.24) is 10.2 Å². The van der Waals surface area contributed by atoms with Crippen molar-refractivity contribution < 1.29 is 26.8 Å². The van der Waals surface area contributed by atoms with Gasteiger partial charge in [-0.25, -0.2) is 8.42 Å². The molecule has 2 amide bonds. The van der Waals surface area contributed by atoms with E-state index in [-0.39, 0.29) is 23.7 Å². The molecule has 0 saturated carbocycles. The summed E-state index contributed by atoms with van der Waals surface area (Å²) < 4.78 is 48.5. The van der Waals surface area contributed by atoms with Crippen molar-refractivity contribution in [2.75, 3.05) is 13.6 Å². The molecule has 10 heteroatoms. The Labute approximate surface area is 159 Å². The fraction of sp³-hybridized carbons (Fsp3) is 0.294. The molecule has 0 aliphatic carbocycles. The van der Waals surface area contributed by atoms with Crippen LogP contribution in [0.4, 0.5) is 8.78 Å². The van der Waals surface area contributed by atoms with Crippen molar-refractivity contribution in [3.8, 4) is 0 Å². The number of alkyl halides is 2. The van der Waals surface area contributed by atoms with Crippen molar-refractivity contribution >= 4 is 33.0 Å². The van der Waals surface area contributed by atoms with Gasteiger partial charge in [0.05, 0.1) is 4.90 Å². The first-order valence-corrected chi connectivity index (χ1v) is 10.3. The molecule has 0 bridgehead atoms. The van der Waals surface area contributed by atoms with E-state index in [1.54, 1.807) is 7.05 Å². The monoisotopic (exact) mass is 416 g/mol.